The fourth-order valence-corrected chi connectivity index (χ4v) is 4.10. The number of nitrogens with one attached hydrogen (secondary N) is 1. The molecule has 8 heteroatoms. The summed E-state index contributed by atoms with van der Waals surface area (Å²) < 4.78 is 4.32. The van der Waals surface area contributed by atoms with Gasteiger partial charge < -0.3 is 5.32 Å². The number of hydrogen-bond donors (Lipinski definition) is 1. The molecule has 0 bridgehead atoms. The average molecular weight is 455 g/mol. The Morgan fingerprint density at radius 1 is 1.00 bits per heavy atom. The van der Waals surface area contributed by atoms with Gasteiger partial charge in [-0.2, -0.15) is 5.10 Å². The Hall–Kier alpha value is -4.20. The molecule has 0 saturated carbocycles. The van der Waals surface area contributed by atoms with Crippen LogP contribution in [-0.4, -0.2) is 29.7 Å². The van der Waals surface area contributed by atoms with Crippen LogP contribution in [0.15, 0.2) is 65.7 Å². The molecular weight excluding hydrogens is 428 g/mol. The SMILES string of the molecule is Cc1ccc(NC(=O)Cn2nc3c4cc(-c5ccc(C(C)C)cc5)nn4ccn3c2=O)c(C)c1. The number of aryl methyl sites for hydroxylation is 2. The first kappa shape index (κ1) is 21.6. The molecule has 1 amide bonds. The van der Waals surface area contributed by atoms with Gasteiger partial charge in [-0.3, -0.25) is 4.79 Å². The van der Waals surface area contributed by atoms with E-state index in [2.05, 4.69) is 53.6 Å². The topological polar surface area (TPSA) is 85.7 Å². The largest absolute Gasteiger partial charge is 0.350 e. The van der Waals surface area contributed by atoms with E-state index in [1.54, 1.807) is 16.9 Å². The number of amides is 1. The maximum absolute atomic E-state index is 12.9. The fourth-order valence-electron chi connectivity index (χ4n) is 4.10. The van der Waals surface area contributed by atoms with Gasteiger partial charge in [0.25, 0.3) is 0 Å². The highest BCUT2D eigenvalue weighted by atomic mass is 16.2. The highest BCUT2D eigenvalue weighted by Crippen LogP contribution is 2.24. The summed E-state index contributed by atoms with van der Waals surface area (Å²) >= 11 is 0. The molecule has 0 radical (unpaired) electrons. The Balaban J connectivity index is 1.46. The highest BCUT2D eigenvalue weighted by molar-refractivity contribution is 5.91. The molecule has 0 aliphatic carbocycles. The zero-order chi connectivity index (χ0) is 24.0. The monoisotopic (exact) mass is 454 g/mol. The van der Waals surface area contributed by atoms with Crippen molar-refractivity contribution in [2.75, 3.05) is 5.32 Å². The Morgan fingerprint density at radius 2 is 1.76 bits per heavy atom. The van der Waals surface area contributed by atoms with Crippen molar-refractivity contribution in [3.8, 4) is 11.3 Å². The van der Waals surface area contributed by atoms with Crippen molar-refractivity contribution in [3.05, 3.63) is 88.1 Å². The number of benzene rings is 2. The Bertz CT molecular complexity index is 1590. The van der Waals surface area contributed by atoms with Gasteiger partial charge in [-0.15, -0.1) is 5.10 Å². The van der Waals surface area contributed by atoms with Crippen molar-refractivity contribution < 1.29 is 4.79 Å². The number of nitrogens with zero attached hydrogens (tertiary/aromatic N) is 5. The normalized spacial score (nSPS) is 11.6. The molecule has 3 aromatic heterocycles. The van der Waals surface area contributed by atoms with Crippen LogP contribution >= 0.6 is 0 Å². The zero-order valence-electron chi connectivity index (χ0n) is 19.6. The maximum Gasteiger partial charge on any atom is 0.350 e. The quantitative estimate of drug-likeness (QED) is 0.432. The molecule has 8 nitrogen and oxygen atoms in total. The van der Waals surface area contributed by atoms with Crippen molar-refractivity contribution in [1.82, 2.24) is 23.8 Å². The van der Waals surface area contributed by atoms with E-state index in [1.165, 1.54) is 14.6 Å². The number of rotatable bonds is 5. The van der Waals surface area contributed by atoms with Gasteiger partial charge in [0, 0.05) is 23.6 Å². The van der Waals surface area contributed by atoms with Gasteiger partial charge in [0.15, 0.2) is 5.65 Å². The fraction of sp³-hybridized carbons (Fsp3) is 0.231. The molecule has 5 aromatic rings. The third-order valence-electron chi connectivity index (χ3n) is 6.01. The summed E-state index contributed by atoms with van der Waals surface area (Å²) in [6, 6.07) is 16.0. The first-order valence-electron chi connectivity index (χ1n) is 11.2. The smallest absolute Gasteiger partial charge is 0.324 e. The Morgan fingerprint density at radius 3 is 2.47 bits per heavy atom. The molecule has 0 aliphatic heterocycles. The molecule has 1 N–H and O–H groups in total. The third kappa shape index (κ3) is 3.87. The van der Waals surface area contributed by atoms with Crippen molar-refractivity contribution in [2.45, 2.75) is 40.2 Å². The second kappa shape index (κ2) is 8.30. The second-order valence-electron chi connectivity index (χ2n) is 8.93. The molecule has 2 aromatic carbocycles. The number of anilines is 1. The van der Waals surface area contributed by atoms with Gasteiger partial charge in [-0.25, -0.2) is 18.4 Å². The predicted molar refractivity (Wildman–Crippen MR) is 132 cm³/mol. The number of hydrogen-bond acceptors (Lipinski definition) is 4. The summed E-state index contributed by atoms with van der Waals surface area (Å²) in [5.41, 5.74) is 6.60. The van der Waals surface area contributed by atoms with Crippen LogP contribution < -0.4 is 11.0 Å². The van der Waals surface area contributed by atoms with Crippen LogP contribution in [0.2, 0.25) is 0 Å². The summed E-state index contributed by atoms with van der Waals surface area (Å²) in [4.78, 5) is 25.5. The number of carbonyl (C=O) groups excluding carboxylic acids is 1. The molecule has 0 aliphatic rings. The third-order valence-corrected chi connectivity index (χ3v) is 6.01. The van der Waals surface area contributed by atoms with Crippen molar-refractivity contribution in [2.24, 2.45) is 0 Å². The van der Waals surface area contributed by atoms with Gasteiger partial charge in [-0.05, 0) is 43.0 Å². The van der Waals surface area contributed by atoms with E-state index in [-0.39, 0.29) is 18.1 Å². The lowest BCUT2D eigenvalue weighted by atomic mass is 10.0. The van der Waals surface area contributed by atoms with Crippen LogP contribution in [0.25, 0.3) is 22.4 Å². The first-order valence-corrected chi connectivity index (χ1v) is 11.2. The maximum atomic E-state index is 12.9. The van der Waals surface area contributed by atoms with Crippen molar-refractivity contribution >= 4 is 22.8 Å². The summed E-state index contributed by atoms with van der Waals surface area (Å²) in [5.74, 6) is 0.144. The Kier molecular flexibility index (Phi) is 5.28. The standard InChI is InChI=1S/C26H26N6O2/c1-16(2)19-6-8-20(9-7-19)22-14-23-25-29-32(26(34)30(25)11-12-31(23)28-22)15-24(33)27-21-10-5-17(3)13-18(21)4/h5-14,16H,15H2,1-4H3,(H,27,33). The lowest BCUT2D eigenvalue weighted by Crippen LogP contribution is -2.28. The summed E-state index contributed by atoms with van der Waals surface area (Å²) in [6.07, 6.45) is 3.34. The van der Waals surface area contributed by atoms with Crippen LogP contribution in [-0.2, 0) is 11.3 Å². The second-order valence-corrected chi connectivity index (χ2v) is 8.93. The number of fused-ring (bicyclic) bond motifs is 3. The minimum atomic E-state index is -0.377. The Labute approximate surface area is 196 Å². The van der Waals surface area contributed by atoms with Gasteiger partial charge in [0.1, 0.15) is 12.1 Å². The van der Waals surface area contributed by atoms with Crippen LogP contribution in [0.3, 0.4) is 0 Å². The van der Waals surface area contributed by atoms with E-state index < -0.39 is 0 Å². The van der Waals surface area contributed by atoms with E-state index in [0.717, 1.165) is 28.1 Å². The van der Waals surface area contributed by atoms with Gasteiger partial charge in [-0.1, -0.05) is 55.8 Å². The molecule has 0 unspecified atom stereocenters. The van der Waals surface area contributed by atoms with Crippen molar-refractivity contribution in [1.29, 1.82) is 0 Å². The average Bonchev–Trinajstić information content (AvgIpc) is 3.37. The minimum absolute atomic E-state index is 0.183. The van der Waals surface area contributed by atoms with E-state index in [0.29, 0.717) is 17.1 Å². The number of carbonyl (C=O) groups is 1. The van der Waals surface area contributed by atoms with Crippen molar-refractivity contribution in [3.63, 3.8) is 0 Å². The molecule has 0 atom stereocenters. The predicted octanol–water partition coefficient (Wildman–Crippen LogP) is 4.19. The summed E-state index contributed by atoms with van der Waals surface area (Å²) in [6.45, 7) is 8.07. The highest BCUT2D eigenvalue weighted by Gasteiger charge is 2.16. The molecule has 34 heavy (non-hydrogen) atoms. The van der Waals surface area contributed by atoms with Crippen LogP contribution in [0.1, 0.15) is 36.5 Å². The summed E-state index contributed by atoms with van der Waals surface area (Å²) in [5, 5.41) is 12.0. The molecule has 172 valence electrons. The molecule has 3 heterocycles. The number of aromatic nitrogens is 5. The first-order chi connectivity index (χ1) is 16.3. The molecule has 5 rings (SSSR count). The lowest BCUT2D eigenvalue weighted by Gasteiger charge is -2.08. The summed E-state index contributed by atoms with van der Waals surface area (Å²) in [7, 11) is 0. The van der Waals surface area contributed by atoms with Crippen LogP contribution in [0.4, 0.5) is 5.69 Å². The minimum Gasteiger partial charge on any atom is -0.324 e. The molecule has 0 saturated heterocycles. The zero-order valence-corrected chi connectivity index (χ0v) is 19.6. The van der Waals surface area contributed by atoms with Gasteiger partial charge in [0.2, 0.25) is 5.91 Å². The molecule has 0 spiro atoms. The molecule has 0 fully saturated rings. The van der Waals surface area contributed by atoms with Gasteiger partial charge >= 0.3 is 5.69 Å². The van der Waals surface area contributed by atoms with Gasteiger partial charge in [0.05, 0.1) is 5.69 Å². The van der Waals surface area contributed by atoms with Crippen LogP contribution in [0.5, 0.6) is 0 Å². The van der Waals surface area contributed by atoms with E-state index in [4.69, 9.17) is 0 Å². The van der Waals surface area contributed by atoms with E-state index >= 15 is 0 Å². The van der Waals surface area contributed by atoms with E-state index in [1.807, 2.05) is 38.1 Å². The lowest BCUT2D eigenvalue weighted by molar-refractivity contribution is -0.117. The van der Waals surface area contributed by atoms with E-state index in [9.17, 15) is 9.59 Å². The van der Waals surface area contributed by atoms with Crippen LogP contribution in [0, 0.1) is 13.8 Å². The molecular formula is C26H26N6O2.